The van der Waals surface area contributed by atoms with Crippen molar-refractivity contribution in [2.45, 2.75) is 18.8 Å². The Hall–Kier alpha value is -2.53. The van der Waals surface area contributed by atoms with Gasteiger partial charge in [-0.1, -0.05) is 24.3 Å². The van der Waals surface area contributed by atoms with E-state index in [4.69, 9.17) is 4.98 Å². The van der Waals surface area contributed by atoms with E-state index in [0.29, 0.717) is 0 Å². The zero-order valence-corrected chi connectivity index (χ0v) is 13.9. The highest BCUT2D eigenvalue weighted by Gasteiger charge is 2.32. The fourth-order valence-corrected chi connectivity index (χ4v) is 4.24. The number of rotatable bonds is 3. The molecule has 2 heterocycles. The number of fused-ring (bicyclic) bond motifs is 1. The third-order valence-electron chi connectivity index (χ3n) is 4.33. The van der Waals surface area contributed by atoms with Gasteiger partial charge in [-0.2, -0.15) is 0 Å². The average molecular weight is 335 g/mol. The largest absolute Gasteiger partial charge is 0.324 e. The molecule has 0 aliphatic heterocycles. The van der Waals surface area contributed by atoms with Crippen molar-refractivity contribution < 1.29 is 4.79 Å². The second kappa shape index (κ2) is 6.53. The monoisotopic (exact) mass is 335 g/mol. The Morgan fingerprint density at radius 1 is 1.12 bits per heavy atom. The maximum atomic E-state index is 12.8. The first kappa shape index (κ1) is 15.0. The first-order valence-corrected chi connectivity index (χ1v) is 8.84. The predicted molar refractivity (Wildman–Crippen MR) is 97.1 cm³/mol. The maximum Gasteiger partial charge on any atom is 0.228 e. The number of pyridine rings is 1. The van der Waals surface area contributed by atoms with Crippen molar-refractivity contribution in [1.82, 2.24) is 9.97 Å². The molecule has 0 fully saturated rings. The third-order valence-corrected chi connectivity index (χ3v) is 5.49. The van der Waals surface area contributed by atoms with Gasteiger partial charge in [-0.05, 0) is 37.1 Å². The van der Waals surface area contributed by atoms with Crippen molar-refractivity contribution in [3.63, 3.8) is 0 Å². The molecule has 4 rings (SSSR count). The van der Waals surface area contributed by atoms with E-state index in [1.54, 1.807) is 23.7 Å². The first-order chi connectivity index (χ1) is 11.8. The lowest BCUT2D eigenvalue weighted by molar-refractivity contribution is -0.120. The van der Waals surface area contributed by atoms with Crippen LogP contribution in [0.15, 0.2) is 60.9 Å². The molecular weight excluding hydrogens is 318 g/mol. The molecule has 2 atom stereocenters. The molecule has 3 aromatic rings. The van der Waals surface area contributed by atoms with Crippen LogP contribution < -0.4 is 5.32 Å². The van der Waals surface area contributed by atoms with Gasteiger partial charge in [0.2, 0.25) is 5.91 Å². The van der Waals surface area contributed by atoms with Crippen LogP contribution in [0.3, 0.4) is 0 Å². The van der Waals surface area contributed by atoms with Gasteiger partial charge in [-0.25, -0.2) is 4.98 Å². The van der Waals surface area contributed by atoms with E-state index in [-0.39, 0.29) is 17.7 Å². The van der Waals surface area contributed by atoms with Gasteiger partial charge in [0.05, 0.1) is 33.0 Å². The van der Waals surface area contributed by atoms with E-state index in [1.807, 2.05) is 30.3 Å². The van der Waals surface area contributed by atoms with Crippen LogP contribution in [0.2, 0.25) is 0 Å². The molecule has 2 unspecified atom stereocenters. The van der Waals surface area contributed by atoms with Crippen molar-refractivity contribution in [1.29, 1.82) is 0 Å². The van der Waals surface area contributed by atoms with Gasteiger partial charge in [0.15, 0.2) is 0 Å². The van der Waals surface area contributed by atoms with Gasteiger partial charge in [-0.15, -0.1) is 11.3 Å². The third kappa shape index (κ3) is 2.95. The zero-order valence-electron chi connectivity index (χ0n) is 13.1. The molecule has 1 N–H and O–H groups in total. The Morgan fingerprint density at radius 2 is 2.00 bits per heavy atom. The highest BCUT2D eigenvalue weighted by atomic mass is 32.1. The van der Waals surface area contributed by atoms with E-state index in [2.05, 4.69) is 28.5 Å². The molecule has 0 saturated carbocycles. The van der Waals surface area contributed by atoms with E-state index in [0.717, 1.165) is 29.1 Å². The van der Waals surface area contributed by atoms with Crippen LogP contribution in [0.5, 0.6) is 0 Å². The zero-order chi connectivity index (χ0) is 16.4. The Kier molecular flexibility index (Phi) is 4.09. The van der Waals surface area contributed by atoms with Gasteiger partial charge < -0.3 is 5.32 Å². The van der Waals surface area contributed by atoms with Crippen LogP contribution in [-0.2, 0) is 4.79 Å². The Balaban J connectivity index is 1.61. The normalized spacial score (nSPS) is 20.2. The molecule has 1 aromatic carbocycles. The van der Waals surface area contributed by atoms with E-state index < -0.39 is 0 Å². The van der Waals surface area contributed by atoms with Gasteiger partial charge >= 0.3 is 0 Å². The number of aromatic nitrogens is 2. The second-order valence-electron chi connectivity index (χ2n) is 5.91. The molecule has 0 spiro atoms. The molecule has 1 aliphatic carbocycles. The lowest BCUT2D eigenvalue weighted by atomic mass is 9.82. The maximum absolute atomic E-state index is 12.8. The lowest BCUT2D eigenvalue weighted by Crippen LogP contribution is -2.29. The van der Waals surface area contributed by atoms with Gasteiger partial charge in [0, 0.05) is 12.1 Å². The Labute approximate surface area is 144 Å². The van der Waals surface area contributed by atoms with Crippen LogP contribution in [0.25, 0.3) is 10.2 Å². The number of hydrogen-bond donors (Lipinski definition) is 1. The van der Waals surface area contributed by atoms with Crippen molar-refractivity contribution in [2.75, 3.05) is 5.32 Å². The minimum Gasteiger partial charge on any atom is -0.324 e. The lowest BCUT2D eigenvalue weighted by Gasteiger charge is -2.25. The summed E-state index contributed by atoms with van der Waals surface area (Å²) in [6.45, 7) is 0. The number of hydrogen-bond acceptors (Lipinski definition) is 4. The Bertz CT molecular complexity index is 855. The van der Waals surface area contributed by atoms with E-state index in [1.165, 1.54) is 4.70 Å². The first-order valence-electron chi connectivity index (χ1n) is 8.02. The SMILES string of the molecule is O=C(Nc1cccnc1)C1CC=CCC1c1nc2ccccc2s1. The average Bonchev–Trinajstić information content (AvgIpc) is 3.06. The molecule has 5 heteroatoms. The van der Waals surface area contributed by atoms with Gasteiger partial charge in [0.25, 0.3) is 0 Å². The van der Waals surface area contributed by atoms with Crippen molar-refractivity contribution in [3.05, 3.63) is 66.0 Å². The number of thiazole rings is 1. The summed E-state index contributed by atoms with van der Waals surface area (Å²) in [4.78, 5) is 21.6. The summed E-state index contributed by atoms with van der Waals surface area (Å²) in [6.07, 6.45) is 9.21. The van der Waals surface area contributed by atoms with E-state index in [9.17, 15) is 4.79 Å². The predicted octanol–water partition coefficient (Wildman–Crippen LogP) is 4.38. The molecule has 4 nitrogen and oxygen atoms in total. The molecule has 0 bridgehead atoms. The minimum absolute atomic E-state index is 0.0385. The second-order valence-corrected chi connectivity index (χ2v) is 6.97. The molecule has 120 valence electrons. The summed E-state index contributed by atoms with van der Waals surface area (Å²) in [5.41, 5.74) is 1.75. The summed E-state index contributed by atoms with van der Waals surface area (Å²) < 4.78 is 1.17. The molecule has 1 aliphatic rings. The van der Waals surface area contributed by atoms with Crippen molar-refractivity contribution in [2.24, 2.45) is 5.92 Å². The van der Waals surface area contributed by atoms with Crippen molar-refractivity contribution >= 4 is 33.1 Å². The summed E-state index contributed by atoms with van der Waals surface area (Å²) >= 11 is 1.69. The molecule has 24 heavy (non-hydrogen) atoms. The van der Waals surface area contributed by atoms with Crippen molar-refractivity contribution in [3.8, 4) is 0 Å². The van der Waals surface area contributed by atoms with Crippen LogP contribution in [0, 0.1) is 5.92 Å². The summed E-state index contributed by atoms with van der Waals surface area (Å²) in [5, 5.41) is 4.03. The number of allylic oxidation sites excluding steroid dienone is 2. The smallest absolute Gasteiger partial charge is 0.228 e. The van der Waals surface area contributed by atoms with Crippen LogP contribution >= 0.6 is 11.3 Å². The fraction of sp³-hybridized carbons (Fsp3) is 0.211. The highest BCUT2D eigenvalue weighted by Crippen LogP contribution is 2.38. The fourth-order valence-electron chi connectivity index (χ4n) is 3.10. The summed E-state index contributed by atoms with van der Waals surface area (Å²) in [7, 11) is 0. The summed E-state index contributed by atoms with van der Waals surface area (Å²) in [6, 6.07) is 11.8. The van der Waals surface area contributed by atoms with Gasteiger partial charge in [0.1, 0.15) is 0 Å². The standard InChI is InChI=1S/C19H17N3OS/c23-18(21-13-6-5-11-20-12-13)14-7-1-2-8-15(14)19-22-16-9-3-4-10-17(16)24-19/h1-6,9-12,14-15H,7-8H2,(H,21,23). The number of benzene rings is 1. The number of nitrogens with one attached hydrogen (secondary N) is 1. The molecule has 2 aromatic heterocycles. The molecule has 0 saturated heterocycles. The van der Waals surface area contributed by atoms with Gasteiger partial charge in [-0.3, -0.25) is 9.78 Å². The van der Waals surface area contributed by atoms with Crippen LogP contribution in [0.4, 0.5) is 5.69 Å². The van der Waals surface area contributed by atoms with E-state index >= 15 is 0 Å². The topological polar surface area (TPSA) is 54.9 Å². The minimum atomic E-state index is -0.101. The number of nitrogens with zero attached hydrogens (tertiary/aromatic N) is 2. The number of amides is 1. The van der Waals surface area contributed by atoms with Crippen LogP contribution in [0.1, 0.15) is 23.8 Å². The quantitative estimate of drug-likeness (QED) is 0.723. The number of carbonyl (C=O) groups is 1. The molecular formula is C19H17N3OS. The number of para-hydroxylation sites is 1. The molecule has 0 radical (unpaired) electrons. The number of carbonyl (C=O) groups excluding carboxylic acids is 1. The number of anilines is 1. The highest BCUT2D eigenvalue weighted by molar-refractivity contribution is 7.18. The molecule has 1 amide bonds. The summed E-state index contributed by atoms with van der Waals surface area (Å²) in [5.74, 6) is 0.0662. The van der Waals surface area contributed by atoms with Crippen LogP contribution in [-0.4, -0.2) is 15.9 Å². The Morgan fingerprint density at radius 3 is 2.83 bits per heavy atom.